The van der Waals surface area contributed by atoms with Gasteiger partial charge >= 0.3 is 5.97 Å². The zero-order chi connectivity index (χ0) is 13.8. The zero-order valence-electron chi connectivity index (χ0n) is 10.9. The van der Waals surface area contributed by atoms with E-state index < -0.39 is 0 Å². The van der Waals surface area contributed by atoms with Gasteiger partial charge in [0.25, 0.3) is 0 Å². The molecular weight excluding hydrogens is 374 g/mol. The Labute approximate surface area is 130 Å². The molecule has 104 valence electrons. The summed E-state index contributed by atoms with van der Waals surface area (Å²) in [6, 6.07) is 6.13. The molecule has 1 aliphatic heterocycles. The molecule has 0 N–H and O–H groups in total. The van der Waals surface area contributed by atoms with Crippen LogP contribution in [0.5, 0.6) is 0 Å². The fourth-order valence-electron chi connectivity index (χ4n) is 2.40. The molecule has 0 aromatic heterocycles. The van der Waals surface area contributed by atoms with Gasteiger partial charge in [-0.1, -0.05) is 37.9 Å². The highest BCUT2D eigenvalue weighted by Gasteiger charge is 2.25. The van der Waals surface area contributed by atoms with Gasteiger partial charge in [0.05, 0.1) is 13.0 Å². The van der Waals surface area contributed by atoms with Crippen molar-refractivity contribution in [1.29, 1.82) is 0 Å². The molecule has 0 aliphatic carbocycles. The summed E-state index contributed by atoms with van der Waals surface area (Å²) in [4.78, 5) is 13.9. The van der Waals surface area contributed by atoms with E-state index in [1.165, 1.54) is 12.7 Å². The van der Waals surface area contributed by atoms with E-state index in [1.807, 2.05) is 6.07 Å². The van der Waals surface area contributed by atoms with Gasteiger partial charge in [-0.3, -0.25) is 9.69 Å². The van der Waals surface area contributed by atoms with Crippen LogP contribution in [0.4, 0.5) is 0 Å². The molecule has 2 rings (SSSR count). The van der Waals surface area contributed by atoms with Crippen molar-refractivity contribution >= 4 is 37.8 Å². The maximum absolute atomic E-state index is 11.5. The predicted octanol–water partition coefficient (Wildman–Crippen LogP) is 3.60. The van der Waals surface area contributed by atoms with Crippen LogP contribution in [0.15, 0.2) is 27.1 Å². The molecule has 19 heavy (non-hydrogen) atoms. The fraction of sp³-hybridized carbons (Fsp3) is 0.500. The lowest BCUT2D eigenvalue weighted by Gasteiger charge is -2.31. The van der Waals surface area contributed by atoms with Gasteiger partial charge in [0.15, 0.2) is 0 Å². The Morgan fingerprint density at radius 3 is 2.42 bits per heavy atom. The molecule has 0 radical (unpaired) electrons. The van der Waals surface area contributed by atoms with Crippen LogP contribution < -0.4 is 0 Å². The highest BCUT2D eigenvalue weighted by Crippen LogP contribution is 2.28. The van der Waals surface area contributed by atoms with Crippen molar-refractivity contribution in [2.24, 2.45) is 5.92 Å². The monoisotopic (exact) mass is 389 g/mol. The standard InChI is InChI=1S/C14H17Br2NO2/c1-19-14(18)10-5-7-17(8-6-10)9-11-12(15)3-2-4-13(11)16/h2-4,10H,5-9H2,1H3. The van der Waals surface area contributed by atoms with Gasteiger partial charge < -0.3 is 4.74 Å². The molecule has 0 bridgehead atoms. The third kappa shape index (κ3) is 3.80. The van der Waals surface area contributed by atoms with E-state index in [-0.39, 0.29) is 11.9 Å². The average molecular weight is 391 g/mol. The van der Waals surface area contributed by atoms with Crippen molar-refractivity contribution in [3.63, 3.8) is 0 Å². The summed E-state index contributed by atoms with van der Waals surface area (Å²) < 4.78 is 7.05. The Morgan fingerprint density at radius 2 is 1.89 bits per heavy atom. The number of methoxy groups -OCH3 is 1. The molecule has 0 amide bonds. The number of carbonyl (C=O) groups excluding carboxylic acids is 1. The normalized spacial score (nSPS) is 17.4. The average Bonchev–Trinajstić information content (AvgIpc) is 2.43. The van der Waals surface area contributed by atoms with Crippen molar-refractivity contribution in [3.8, 4) is 0 Å². The predicted molar refractivity (Wildman–Crippen MR) is 81.9 cm³/mol. The summed E-state index contributed by atoms with van der Waals surface area (Å²) in [5.41, 5.74) is 1.26. The van der Waals surface area contributed by atoms with Crippen LogP contribution in [-0.2, 0) is 16.1 Å². The quantitative estimate of drug-likeness (QED) is 0.738. The largest absolute Gasteiger partial charge is 0.469 e. The van der Waals surface area contributed by atoms with Crippen LogP contribution >= 0.6 is 31.9 Å². The molecule has 0 spiro atoms. The first-order valence-corrected chi connectivity index (χ1v) is 7.93. The molecule has 0 unspecified atom stereocenters. The SMILES string of the molecule is COC(=O)C1CCN(Cc2c(Br)cccc2Br)CC1. The Bertz CT molecular complexity index is 437. The number of rotatable bonds is 3. The van der Waals surface area contributed by atoms with Gasteiger partial charge in [0.1, 0.15) is 0 Å². The summed E-state index contributed by atoms with van der Waals surface area (Å²) in [6.45, 7) is 2.77. The van der Waals surface area contributed by atoms with Crippen LogP contribution in [0.2, 0.25) is 0 Å². The summed E-state index contributed by atoms with van der Waals surface area (Å²) in [6.07, 6.45) is 1.77. The summed E-state index contributed by atoms with van der Waals surface area (Å²) in [5, 5.41) is 0. The molecule has 1 aromatic rings. The Morgan fingerprint density at radius 1 is 1.32 bits per heavy atom. The third-order valence-corrected chi connectivity index (χ3v) is 5.05. The number of nitrogens with zero attached hydrogens (tertiary/aromatic N) is 1. The van der Waals surface area contributed by atoms with Crippen molar-refractivity contribution in [1.82, 2.24) is 4.90 Å². The van der Waals surface area contributed by atoms with E-state index in [4.69, 9.17) is 4.74 Å². The molecule has 1 aromatic carbocycles. The third-order valence-electron chi connectivity index (χ3n) is 3.57. The van der Waals surface area contributed by atoms with Crippen LogP contribution in [0.3, 0.4) is 0 Å². The number of carbonyl (C=O) groups is 1. The second-order valence-electron chi connectivity index (χ2n) is 4.77. The van der Waals surface area contributed by atoms with E-state index in [9.17, 15) is 4.79 Å². The van der Waals surface area contributed by atoms with E-state index in [1.54, 1.807) is 0 Å². The van der Waals surface area contributed by atoms with E-state index in [0.717, 1.165) is 41.4 Å². The van der Waals surface area contributed by atoms with Crippen LogP contribution in [-0.4, -0.2) is 31.1 Å². The van der Waals surface area contributed by atoms with Crippen LogP contribution in [0, 0.1) is 5.92 Å². The maximum atomic E-state index is 11.5. The highest BCUT2D eigenvalue weighted by molar-refractivity contribution is 9.11. The first-order valence-electron chi connectivity index (χ1n) is 6.35. The number of halogens is 2. The summed E-state index contributed by atoms with van der Waals surface area (Å²) in [5.74, 6) is 0.00521. The molecule has 1 fully saturated rings. The molecule has 1 aliphatic rings. The highest BCUT2D eigenvalue weighted by atomic mass is 79.9. The second kappa shape index (κ2) is 6.86. The van der Waals surface area contributed by atoms with Crippen molar-refractivity contribution in [2.75, 3.05) is 20.2 Å². The number of ether oxygens (including phenoxy) is 1. The van der Waals surface area contributed by atoms with Gasteiger partial charge in [0.2, 0.25) is 0 Å². The number of hydrogen-bond donors (Lipinski definition) is 0. The molecule has 1 heterocycles. The van der Waals surface area contributed by atoms with Crippen LogP contribution in [0.1, 0.15) is 18.4 Å². The van der Waals surface area contributed by atoms with E-state index >= 15 is 0 Å². The molecule has 3 nitrogen and oxygen atoms in total. The van der Waals surface area contributed by atoms with Gasteiger partial charge in [0, 0.05) is 15.5 Å². The lowest BCUT2D eigenvalue weighted by Crippen LogP contribution is -2.36. The Kier molecular flexibility index (Phi) is 5.42. The van der Waals surface area contributed by atoms with Crippen LogP contribution in [0.25, 0.3) is 0 Å². The Hall–Kier alpha value is -0.390. The first-order chi connectivity index (χ1) is 9.11. The molecule has 0 atom stereocenters. The zero-order valence-corrected chi connectivity index (χ0v) is 14.0. The first kappa shape index (κ1) is 15.0. The molecule has 0 saturated carbocycles. The number of esters is 1. The smallest absolute Gasteiger partial charge is 0.308 e. The summed E-state index contributed by atoms with van der Waals surface area (Å²) >= 11 is 7.18. The van der Waals surface area contributed by atoms with Crippen molar-refractivity contribution in [2.45, 2.75) is 19.4 Å². The van der Waals surface area contributed by atoms with Crippen molar-refractivity contribution < 1.29 is 9.53 Å². The lowest BCUT2D eigenvalue weighted by molar-refractivity contribution is -0.147. The minimum atomic E-state index is -0.0678. The van der Waals surface area contributed by atoms with E-state index in [0.29, 0.717) is 0 Å². The molecular formula is C14H17Br2NO2. The molecule has 5 heteroatoms. The minimum Gasteiger partial charge on any atom is -0.469 e. The Balaban J connectivity index is 1.94. The van der Waals surface area contributed by atoms with Gasteiger partial charge in [-0.15, -0.1) is 0 Å². The fourth-order valence-corrected chi connectivity index (χ4v) is 3.65. The second-order valence-corrected chi connectivity index (χ2v) is 6.48. The number of benzene rings is 1. The van der Waals surface area contributed by atoms with Gasteiger partial charge in [-0.25, -0.2) is 0 Å². The number of piperidine rings is 1. The number of hydrogen-bond acceptors (Lipinski definition) is 3. The topological polar surface area (TPSA) is 29.5 Å². The number of likely N-dealkylation sites (tertiary alicyclic amines) is 1. The lowest BCUT2D eigenvalue weighted by atomic mass is 9.97. The van der Waals surface area contributed by atoms with E-state index in [2.05, 4.69) is 48.9 Å². The maximum Gasteiger partial charge on any atom is 0.308 e. The summed E-state index contributed by atoms with van der Waals surface area (Å²) in [7, 11) is 1.47. The van der Waals surface area contributed by atoms with Gasteiger partial charge in [-0.2, -0.15) is 0 Å². The minimum absolute atomic E-state index is 0.0678. The molecule has 1 saturated heterocycles. The van der Waals surface area contributed by atoms with Crippen molar-refractivity contribution in [3.05, 3.63) is 32.7 Å². The van der Waals surface area contributed by atoms with Gasteiger partial charge in [-0.05, 0) is 43.6 Å².